The number of nitrogens with zero attached hydrogens (tertiary/aromatic N) is 1. The molecule has 0 aromatic heterocycles. The van der Waals surface area contributed by atoms with Crippen molar-refractivity contribution in [3.05, 3.63) is 71.3 Å². The van der Waals surface area contributed by atoms with Crippen molar-refractivity contribution in [2.75, 3.05) is 6.61 Å². The third kappa shape index (κ3) is 4.05. The number of ether oxygens (including phenoxy) is 1. The third-order valence-corrected chi connectivity index (χ3v) is 2.89. The van der Waals surface area contributed by atoms with Crippen LogP contribution in [0, 0.1) is 11.3 Å². The van der Waals surface area contributed by atoms with E-state index in [9.17, 15) is 4.79 Å². The van der Waals surface area contributed by atoms with Crippen molar-refractivity contribution < 1.29 is 9.53 Å². The number of rotatable bonds is 5. The molecule has 0 N–H and O–H groups in total. The molecule has 0 spiro atoms. The summed E-state index contributed by atoms with van der Waals surface area (Å²) in [7, 11) is 0. The lowest BCUT2D eigenvalue weighted by molar-refractivity contribution is 0.104. The van der Waals surface area contributed by atoms with Crippen LogP contribution in [0.3, 0.4) is 0 Å². The van der Waals surface area contributed by atoms with E-state index in [1.807, 2.05) is 37.3 Å². The molecule has 21 heavy (non-hydrogen) atoms. The Balaban J connectivity index is 2.09. The summed E-state index contributed by atoms with van der Waals surface area (Å²) in [6, 6.07) is 16.2. The van der Waals surface area contributed by atoms with Crippen LogP contribution >= 0.6 is 0 Å². The molecule has 0 fully saturated rings. The highest BCUT2D eigenvalue weighted by molar-refractivity contribution is 6.07. The van der Waals surface area contributed by atoms with E-state index in [0.29, 0.717) is 17.7 Å². The Kier molecular flexibility index (Phi) is 4.89. The van der Waals surface area contributed by atoms with Crippen molar-refractivity contribution >= 4 is 11.9 Å². The van der Waals surface area contributed by atoms with Crippen LogP contribution in [-0.4, -0.2) is 12.4 Å². The van der Waals surface area contributed by atoms with Crippen molar-refractivity contribution in [1.29, 1.82) is 5.26 Å². The van der Waals surface area contributed by atoms with Gasteiger partial charge in [0.15, 0.2) is 5.78 Å². The molecule has 2 rings (SSSR count). The van der Waals surface area contributed by atoms with Crippen molar-refractivity contribution in [1.82, 2.24) is 0 Å². The largest absolute Gasteiger partial charge is 0.494 e. The minimum Gasteiger partial charge on any atom is -0.494 e. The number of carbonyl (C=O) groups is 1. The Morgan fingerprint density at radius 2 is 2.00 bits per heavy atom. The normalized spacial score (nSPS) is 10.3. The third-order valence-electron chi connectivity index (χ3n) is 2.89. The van der Waals surface area contributed by atoms with Gasteiger partial charge in [-0.25, -0.2) is 0 Å². The summed E-state index contributed by atoms with van der Waals surface area (Å²) < 4.78 is 5.36. The van der Waals surface area contributed by atoms with Crippen LogP contribution in [-0.2, 0) is 0 Å². The number of ketones is 1. The quantitative estimate of drug-likeness (QED) is 0.616. The number of benzene rings is 2. The molecule has 0 bridgehead atoms. The van der Waals surface area contributed by atoms with E-state index in [-0.39, 0.29) is 5.78 Å². The first-order valence-electron chi connectivity index (χ1n) is 6.68. The molecule has 0 aliphatic carbocycles. The molecule has 0 aliphatic rings. The van der Waals surface area contributed by atoms with Gasteiger partial charge in [0.05, 0.1) is 18.2 Å². The van der Waals surface area contributed by atoms with E-state index in [4.69, 9.17) is 10.00 Å². The lowest BCUT2D eigenvalue weighted by Gasteiger charge is -2.02. The summed E-state index contributed by atoms with van der Waals surface area (Å²) in [4.78, 5) is 12.0. The molecule has 3 nitrogen and oxygen atoms in total. The lowest BCUT2D eigenvalue weighted by atomic mass is 10.1. The van der Waals surface area contributed by atoms with Crippen LogP contribution in [0.1, 0.15) is 28.4 Å². The zero-order valence-electron chi connectivity index (χ0n) is 11.7. The monoisotopic (exact) mass is 277 g/mol. The van der Waals surface area contributed by atoms with Crippen LogP contribution in [0.2, 0.25) is 0 Å². The summed E-state index contributed by atoms with van der Waals surface area (Å²) in [5.74, 6) is 0.684. The number of nitriles is 1. The molecular weight excluding hydrogens is 262 g/mol. The molecule has 0 heterocycles. The first-order chi connectivity index (χ1) is 10.2. The van der Waals surface area contributed by atoms with Crippen molar-refractivity contribution in [3.8, 4) is 11.8 Å². The van der Waals surface area contributed by atoms with Gasteiger partial charge in [-0.3, -0.25) is 4.79 Å². The predicted molar refractivity (Wildman–Crippen MR) is 82.1 cm³/mol. The molecule has 0 aliphatic heterocycles. The number of hydrogen-bond donors (Lipinski definition) is 0. The highest BCUT2D eigenvalue weighted by Crippen LogP contribution is 2.14. The first-order valence-corrected chi connectivity index (χ1v) is 6.68. The molecular formula is C18H15NO2. The second-order valence-electron chi connectivity index (χ2n) is 4.39. The Morgan fingerprint density at radius 3 is 2.67 bits per heavy atom. The SMILES string of the molecule is CCOc1ccc(/C=C/C(=O)c2cccc(C#N)c2)cc1. The maximum absolute atomic E-state index is 12.0. The average Bonchev–Trinajstić information content (AvgIpc) is 2.54. The maximum Gasteiger partial charge on any atom is 0.185 e. The lowest BCUT2D eigenvalue weighted by Crippen LogP contribution is -1.94. The van der Waals surface area contributed by atoms with E-state index in [1.54, 1.807) is 30.3 Å². The average molecular weight is 277 g/mol. The fourth-order valence-corrected chi connectivity index (χ4v) is 1.85. The summed E-state index contributed by atoms with van der Waals surface area (Å²) in [6.45, 7) is 2.56. The summed E-state index contributed by atoms with van der Waals surface area (Å²) in [5.41, 5.74) is 1.91. The van der Waals surface area contributed by atoms with Gasteiger partial charge in [0.2, 0.25) is 0 Å². The molecule has 0 atom stereocenters. The minimum atomic E-state index is -0.124. The topological polar surface area (TPSA) is 50.1 Å². The van der Waals surface area contributed by atoms with Crippen molar-refractivity contribution in [2.45, 2.75) is 6.92 Å². The molecule has 2 aromatic carbocycles. The minimum absolute atomic E-state index is 0.124. The van der Waals surface area contributed by atoms with Gasteiger partial charge in [0.1, 0.15) is 5.75 Å². The van der Waals surface area contributed by atoms with Crippen LogP contribution in [0.4, 0.5) is 0 Å². The highest BCUT2D eigenvalue weighted by Gasteiger charge is 2.02. The summed E-state index contributed by atoms with van der Waals surface area (Å²) in [5, 5.41) is 8.83. The second-order valence-corrected chi connectivity index (χ2v) is 4.39. The number of hydrogen-bond acceptors (Lipinski definition) is 3. The maximum atomic E-state index is 12.0. The molecule has 0 saturated heterocycles. The van der Waals surface area contributed by atoms with Gasteiger partial charge in [0.25, 0.3) is 0 Å². The van der Waals surface area contributed by atoms with Crippen molar-refractivity contribution in [3.63, 3.8) is 0 Å². The van der Waals surface area contributed by atoms with Crippen LogP contribution in [0.25, 0.3) is 6.08 Å². The van der Waals surface area contributed by atoms with E-state index in [1.165, 1.54) is 6.08 Å². The first kappa shape index (κ1) is 14.5. The highest BCUT2D eigenvalue weighted by atomic mass is 16.5. The number of allylic oxidation sites excluding steroid dienone is 1. The fraction of sp³-hybridized carbons (Fsp3) is 0.111. The van der Waals surface area contributed by atoms with E-state index < -0.39 is 0 Å². The second kappa shape index (κ2) is 7.06. The van der Waals surface area contributed by atoms with Gasteiger partial charge in [-0.05, 0) is 42.8 Å². The van der Waals surface area contributed by atoms with Crippen LogP contribution in [0.15, 0.2) is 54.6 Å². The van der Waals surface area contributed by atoms with Crippen molar-refractivity contribution in [2.24, 2.45) is 0 Å². The molecule has 3 heteroatoms. The molecule has 0 radical (unpaired) electrons. The standard InChI is InChI=1S/C18H15NO2/c1-2-21-17-9-6-14(7-10-17)8-11-18(20)16-5-3-4-15(12-16)13-19/h3-12H,2H2,1H3/b11-8+. The molecule has 0 saturated carbocycles. The van der Waals surface area contributed by atoms with E-state index in [0.717, 1.165) is 11.3 Å². The smallest absolute Gasteiger partial charge is 0.185 e. The zero-order valence-corrected chi connectivity index (χ0v) is 11.7. The van der Waals surface area contributed by atoms with Gasteiger partial charge in [-0.1, -0.05) is 30.3 Å². The molecule has 104 valence electrons. The Morgan fingerprint density at radius 1 is 1.24 bits per heavy atom. The molecule has 2 aromatic rings. The van der Waals surface area contributed by atoms with Gasteiger partial charge >= 0.3 is 0 Å². The Labute approximate surface area is 124 Å². The molecule has 0 amide bonds. The van der Waals surface area contributed by atoms with Gasteiger partial charge in [-0.15, -0.1) is 0 Å². The van der Waals surface area contributed by atoms with E-state index >= 15 is 0 Å². The summed E-state index contributed by atoms with van der Waals surface area (Å²) in [6.07, 6.45) is 3.25. The van der Waals surface area contributed by atoms with Crippen LogP contribution < -0.4 is 4.74 Å². The Bertz CT molecular complexity index is 694. The number of carbonyl (C=O) groups excluding carboxylic acids is 1. The fourth-order valence-electron chi connectivity index (χ4n) is 1.85. The van der Waals surface area contributed by atoms with Gasteiger partial charge in [0, 0.05) is 5.56 Å². The Hall–Kier alpha value is -2.86. The van der Waals surface area contributed by atoms with Crippen LogP contribution in [0.5, 0.6) is 5.75 Å². The summed E-state index contributed by atoms with van der Waals surface area (Å²) >= 11 is 0. The molecule has 0 unspecified atom stereocenters. The van der Waals surface area contributed by atoms with Gasteiger partial charge in [-0.2, -0.15) is 5.26 Å². The predicted octanol–water partition coefficient (Wildman–Crippen LogP) is 3.85. The zero-order chi connectivity index (χ0) is 15.1. The van der Waals surface area contributed by atoms with E-state index in [2.05, 4.69) is 0 Å². The van der Waals surface area contributed by atoms with Gasteiger partial charge < -0.3 is 4.74 Å².